The normalized spacial score (nSPS) is 15.0. The number of hydrogen-bond acceptors (Lipinski definition) is 5. The molecular weight excluding hydrogens is 333 g/mol. The summed E-state index contributed by atoms with van der Waals surface area (Å²) in [5.74, 6) is 0. The topological polar surface area (TPSA) is 52.6 Å². The number of rotatable bonds is 2. The van der Waals surface area contributed by atoms with Crippen LogP contribution in [0.15, 0.2) is 0 Å². The van der Waals surface area contributed by atoms with Crippen LogP contribution in [0.25, 0.3) is 0 Å². The van der Waals surface area contributed by atoms with E-state index in [1.54, 1.807) is 30.3 Å². The number of anilines is 1. The van der Waals surface area contributed by atoms with Crippen molar-refractivity contribution in [2.75, 3.05) is 39.1 Å². The second kappa shape index (κ2) is 8.60. The van der Waals surface area contributed by atoms with Gasteiger partial charge in [0.15, 0.2) is 0 Å². The first-order chi connectivity index (χ1) is 8.99. The summed E-state index contributed by atoms with van der Waals surface area (Å²) in [4.78, 5) is 17.6. The molecule has 0 bridgehead atoms. The van der Waals surface area contributed by atoms with Gasteiger partial charge in [0.05, 0.1) is 0 Å². The van der Waals surface area contributed by atoms with Crippen LogP contribution in [0.2, 0.25) is 0 Å². The van der Waals surface area contributed by atoms with E-state index >= 15 is 0 Å². The second-order valence-corrected chi connectivity index (χ2v) is 6.27. The average molecular weight is 356 g/mol. The van der Waals surface area contributed by atoms with Crippen LogP contribution in [0.5, 0.6) is 0 Å². The van der Waals surface area contributed by atoms with Crippen molar-refractivity contribution in [2.45, 2.75) is 25.8 Å². The van der Waals surface area contributed by atoms with Gasteiger partial charge in [-0.25, -0.2) is 4.79 Å². The SMILES string of the molecule is Cc1nnc(N2CCC(N(C)C(=O)N(C)C)CC2)s1.Cl.Cl. The third-order valence-electron chi connectivity index (χ3n) is 3.48. The third kappa shape index (κ3) is 4.86. The van der Waals surface area contributed by atoms with Gasteiger partial charge in [-0.3, -0.25) is 0 Å². The maximum absolute atomic E-state index is 11.9. The lowest BCUT2D eigenvalue weighted by atomic mass is 10.0. The number of aryl methyl sites for hydroxylation is 1. The van der Waals surface area contributed by atoms with E-state index in [1.165, 1.54) is 0 Å². The summed E-state index contributed by atoms with van der Waals surface area (Å²) < 4.78 is 0. The molecule has 21 heavy (non-hydrogen) atoms. The molecule has 2 rings (SSSR count). The minimum absolute atomic E-state index is 0. The highest BCUT2D eigenvalue weighted by Crippen LogP contribution is 2.25. The molecule has 0 radical (unpaired) electrons. The summed E-state index contributed by atoms with van der Waals surface area (Å²) in [5, 5.41) is 10.2. The van der Waals surface area contributed by atoms with Gasteiger partial charge in [-0.05, 0) is 19.8 Å². The van der Waals surface area contributed by atoms with Gasteiger partial charge in [0.1, 0.15) is 5.01 Å². The van der Waals surface area contributed by atoms with Crippen LogP contribution in [-0.2, 0) is 0 Å². The maximum atomic E-state index is 11.9. The molecule has 0 aromatic carbocycles. The number of hydrogen-bond donors (Lipinski definition) is 0. The molecule has 1 aliphatic heterocycles. The van der Waals surface area contributed by atoms with E-state index in [9.17, 15) is 4.79 Å². The predicted molar refractivity (Wildman–Crippen MR) is 91.2 cm³/mol. The summed E-state index contributed by atoms with van der Waals surface area (Å²) in [5.41, 5.74) is 0. The summed E-state index contributed by atoms with van der Waals surface area (Å²) in [6.07, 6.45) is 1.96. The Morgan fingerprint density at radius 3 is 2.19 bits per heavy atom. The first kappa shape index (κ1) is 20.2. The van der Waals surface area contributed by atoms with Crippen molar-refractivity contribution in [3.8, 4) is 0 Å². The van der Waals surface area contributed by atoms with E-state index in [-0.39, 0.29) is 30.8 Å². The zero-order valence-corrected chi connectivity index (χ0v) is 15.2. The first-order valence-corrected chi connectivity index (χ1v) is 7.30. The molecule has 1 saturated heterocycles. The van der Waals surface area contributed by atoms with Crippen LogP contribution in [0.3, 0.4) is 0 Å². The van der Waals surface area contributed by atoms with E-state index in [1.807, 2.05) is 18.9 Å². The van der Waals surface area contributed by atoms with E-state index in [2.05, 4.69) is 15.1 Å². The zero-order chi connectivity index (χ0) is 14.0. The number of halogens is 2. The maximum Gasteiger partial charge on any atom is 0.319 e. The van der Waals surface area contributed by atoms with Crippen LogP contribution >= 0.6 is 36.2 Å². The van der Waals surface area contributed by atoms with Crippen LogP contribution in [0, 0.1) is 6.92 Å². The molecule has 9 heteroatoms. The zero-order valence-electron chi connectivity index (χ0n) is 12.8. The van der Waals surface area contributed by atoms with Crippen molar-refractivity contribution in [1.82, 2.24) is 20.0 Å². The summed E-state index contributed by atoms with van der Waals surface area (Å²) in [7, 11) is 5.47. The number of aromatic nitrogens is 2. The minimum atomic E-state index is 0. The lowest BCUT2D eigenvalue weighted by Gasteiger charge is -2.37. The molecule has 1 aromatic heterocycles. The van der Waals surface area contributed by atoms with Gasteiger partial charge in [0.25, 0.3) is 0 Å². The quantitative estimate of drug-likeness (QED) is 0.816. The molecule has 0 N–H and O–H groups in total. The molecule has 1 aromatic rings. The Labute approximate surface area is 142 Å². The van der Waals surface area contributed by atoms with Crippen LogP contribution in [0.1, 0.15) is 17.8 Å². The molecule has 122 valence electrons. The van der Waals surface area contributed by atoms with Gasteiger partial charge in [-0.1, -0.05) is 11.3 Å². The van der Waals surface area contributed by atoms with Gasteiger partial charge in [-0.2, -0.15) is 0 Å². The van der Waals surface area contributed by atoms with Gasteiger partial charge < -0.3 is 14.7 Å². The predicted octanol–water partition coefficient (Wildman–Crippen LogP) is 2.27. The van der Waals surface area contributed by atoms with Crippen molar-refractivity contribution in [3.63, 3.8) is 0 Å². The Kier molecular flexibility index (Phi) is 8.28. The highest BCUT2D eigenvalue weighted by atomic mass is 35.5. The molecule has 0 aliphatic carbocycles. The number of carbonyl (C=O) groups is 1. The molecule has 0 unspecified atom stereocenters. The lowest BCUT2D eigenvalue weighted by Crippen LogP contribution is -2.48. The fourth-order valence-electron chi connectivity index (χ4n) is 2.33. The molecule has 1 aliphatic rings. The van der Waals surface area contributed by atoms with E-state index in [4.69, 9.17) is 0 Å². The molecule has 2 heterocycles. The number of urea groups is 1. The molecule has 1 fully saturated rings. The Bertz CT molecular complexity index is 449. The fourth-order valence-corrected chi connectivity index (χ4v) is 3.07. The van der Waals surface area contributed by atoms with Crippen molar-refractivity contribution in [1.29, 1.82) is 0 Å². The third-order valence-corrected chi connectivity index (χ3v) is 4.38. The van der Waals surface area contributed by atoms with Gasteiger partial charge in [0, 0.05) is 40.3 Å². The van der Waals surface area contributed by atoms with E-state index in [0.29, 0.717) is 6.04 Å². The van der Waals surface area contributed by atoms with Gasteiger partial charge in [0.2, 0.25) is 5.13 Å². The summed E-state index contributed by atoms with van der Waals surface area (Å²) in [6, 6.07) is 0.394. The smallest absolute Gasteiger partial charge is 0.319 e. The van der Waals surface area contributed by atoms with Crippen LogP contribution in [0.4, 0.5) is 9.93 Å². The number of nitrogens with zero attached hydrogens (tertiary/aromatic N) is 5. The largest absolute Gasteiger partial charge is 0.347 e. The Hall–Kier alpha value is -0.790. The Morgan fingerprint density at radius 2 is 1.76 bits per heavy atom. The molecular formula is C12H23Cl2N5OS. The molecule has 0 spiro atoms. The van der Waals surface area contributed by atoms with Crippen molar-refractivity contribution < 1.29 is 4.79 Å². The van der Waals surface area contributed by atoms with Crippen LogP contribution < -0.4 is 4.90 Å². The van der Waals surface area contributed by atoms with Crippen molar-refractivity contribution in [2.24, 2.45) is 0 Å². The minimum Gasteiger partial charge on any atom is -0.347 e. The molecule has 0 atom stereocenters. The van der Waals surface area contributed by atoms with Crippen molar-refractivity contribution in [3.05, 3.63) is 5.01 Å². The summed E-state index contributed by atoms with van der Waals surface area (Å²) >= 11 is 1.63. The van der Waals surface area contributed by atoms with E-state index < -0.39 is 0 Å². The Morgan fingerprint density at radius 1 is 1.19 bits per heavy atom. The number of amides is 2. The Balaban J connectivity index is 0.00000200. The summed E-state index contributed by atoms with van der Waals surface area (Å²) in [6.45, 7) is 3.84. The highest BCUT2D eigenvalue weighted by Gasteiger charge is 2.27. The standard InChI is InChI=1S/C12H21N5OS.2ClH/c1-9-13-14-11(19-9)17-7-5-10(6-8-17)16(4)12(18)15(2)3;;/h10H,5-8H2,1-4H3;2*1H. The highest BCUT2D eigenvalue weighted by molar-refractivity contribution is 7.15. The fraction of sp³-hybridized carbons (Fsp3) is 0.750. The van der Waals surface area contributed by atoms with Crippen LogP contribution in [-0.4, -0.2) is 66.3 Å². The molecule has 0 saturated carbocycles. The first-order valence-electron chi connectivity index (χ1n) is 6.48. The van der Waals surface area contributed by atoms with Gasteiger partial charge >= 0.3 is 6.03 Å². The molecule has 2 amide bonds. The lowest BCUT2D eigenvalue weighted by molar-refractivity contribution is 0.155. The second-order valence-electron chi connectivity index (χ2n) is 5.11. The van der Waals surface area contributed by atoms with Crippen molar-refractivity contribution >= 4 is 47.3 Å². The monoisotopic (exact) mass is 355 g/mol. The van der Waals surface area contributed by atoms with Gasteiger partial charge in [-0.15, -0.1) is 35.0 Å². The average Bonchev–Trinajstić information content (AvgIpc) is 2.84. The molecule has 6 nitrogen and oxygen atoms in total. The number of piperidine rings is 1. The number of carbonyl (C=O) groups excluding carboxylic acids is 1. The van der Waals surface area contributed by atoms with E-state index in [0.717, 1.165) is 36.1 Å².